The van der Waals surface area contributed by atoms with Crippen molar-refractivity contribution in [1.29, 1.82) is 0 Å². The number of benzene rings is 1. The first-order valence-electron chi connectivity index (χ1n) is 10.6. The topological polar surface area (TPSA) is 24.8 Å². The number of quaternary nitrogens is 1. The fraction of sp³-hybridized carbons (Fsp3) is 0.708. The highest BCUT2D eigenvalue weighted by Gasteiger charge is 2.35. The molecule has 0 saturated heterocycles. The molecule has 3 nitrogen and oxygen atoms in total. The van der Waals surface area contributed by atoms with Gasteiger partial charge in [0.05, 0.1) is 26.7 Å². The van der Waals surface area contributed by atoms with Crippen LogP contribution in [0.4, 0.5) is 0 Å². The van der Waals surface area contributed by atoms with Crippen molar-refractivity contribution in [2.75, 3.05) is 27.2 Å². The highest BCUT2D eigenvalue weighted by atomic mass is 16.2. The third-order valence-electron chi connectivity index (χ3n) is 6.28. The summed E-state index contributed by atoms with van der Waals surface area (Å²) in [5.41, 5.74) is 6.08. The molecule has 0 aromatic heterocycles. The first kappa shape index (κ1) is 21.9. The number of fused-ring (bicyclic) bond motifs is 1. The molecular formula is C24H41N2O+. The fourth-order valence-electron chi connectivity index (χ4n) is 4.35. The molecule has 0 fully saturated rings. The minimum atomic E-state index is 0.109. The monoisotopic (exact) mass is 373 g/mol. The molecule has 1 aliphatic carbocycles. The Morgan fingerprint density at radius 1 is 1.26 bits per heavy atom. The molecule has 1 atom stereocenters. The van der Waals surface area contributed by atoms with E-state index in [9.17, 15) is 4.79 Å². The molecule has 152 valence electrons. The molecule has 1 aliphatic rings. The lowest BCUT2D eigenvalue weighted by Gasteiger charge is -2.32. The van der Waals surface area contributed by atoms with Crippen LogP contribution in [-0.4, -0.2) is 38.0 Å². The number of nitrogens with zero attached hydrogens (tertiary/aromatic N) is 1. The van der Waals surface area contributed by atoms with Crippen LogP contribution in [0, 0.1) is 0 Å². The first-order valence-corrected chi connectivity index (χ1v) is 10.6. The number of carbonyl (C=O) groups excluding carboxylic acids is 1. The highest BCUT2D eigenvalue weighted by molar-refractivity contribution is 5.74. The Morgan fingerprint density at radius 2 is 1.89 bits per heavy atom. The fourth-order valence-corrected chi connectivity index (χ4v) is 4.35. The smallest absolute Gasteiger partial charge is 0.219 e. The molecule has 0 spiro atoms. The van der Waals surface area contributed by atoms with Gasteiger partial charge in [0, 0.05) is 19.9 Å². The summed E-state index contributed by atoms with van der Waals surface area (Å²) in [4.78, 5) is 16.0. The molecule has 1 aromatic carbocycles. The summed E-state index contributed by atoms with van der Waals surface area (Å²) in [7, 11) is 4.34. The lowest BCUT2D eigenvalue weighted by atomic mass is 9.78. The van der Waals surface area contributed by atoms with Crippen LogP contribution in [0.25, 0.3) is 0 Å². The normalized spacial score (nSPS) is 17.1. The largest absolute Gasteiger partial charge is 0.340 e. The Kier molecular flexibility index (Phi) is 6.46. The Balaban J connectivity index is 2.46. The maximum Gasteiger partial charge on any atom is 0.219 e. The zero-order chi connectivity index (χ0) is 20.6. The van der Waals surface area contributed by atoms with Gasteiger partial charge < -0.3 is 9.80 Å². The molecule has 2 rings (SSSR count). The van der Waals surface area contributed by atoms with Gasteiger partial charge in [-0.2, -0.15) is 0 Å². The Bertz CT molecular complexity index is 682. The zero-order valence-corrected chi connectivity index (χ0v) is 19.1. The molecule has 0 aliphatic heterocycles. The van der Waals surface area contributed by atoms with Crippen molar-refractivity contribution in [2.24, 2.45) is 0 Å². The van der Waals surface area contributed by atoms with Crippen LogP contribution >= 0.6 is 0 Å². The average molecular weight is 374 g/mol. The molecule has 27 heavy (non-hydrogen) atoms. The quantitative estimate of drug-likeness (QED) is 0.809. The third kappa shape index (κ3) is 4.93. The second-order valence-corrected chi connectivity index (χ2v) is 10.4. The maximum absolute atomic E-state index is 12.5. The lowest BCUT2D eigenvalue weighted by molar-refractivity contribution is -0.858. The first-order chi connectivity index (χ1) is 12.3. The van der Waals surface area contributed by atoms with Crippen LogP contribution in [0.3, 0.4) is 0 Å². The molecule has 1 aromatic rings. The van der Waals surface area contributed by atoms with Crippen molar-refractivity contribution in [3.8, 4) is 0 Å². The standard InChI is InChI=1S/C24H40N2O/c1-17(26(18(2)27)14-10-13-25(8)9)21-15-19(23(3,4)5)16-22-20(21)11-12-24(22,6)7/h15-17H,10-14H2,1-9H3/p+1/t17-/m1/s1. The Labute approximate surface area is 167 Å². The van der Waals surface area contributed by atoms with Crippen LogP contribution in [-0.2, 0) is 22.0 Å². The van der Waals surface area contributed by atoms with Crippen molar-refractivity contribution in [3.05, 3.63) is 34.4 Å². The number of nitrogens with one attached hydrogen (secondary N) is 1. The van der Waals surface area contributed by atoms with E-state index < -0.39 is 0 Å². The van der Waals surface area contributed by atoms with E-state index in [4.69, 9.17) is 0 Å². The molecule has 0 heterocycles. The van der Waals surface area contributed by atoms with Gasteiger partial charge in [-0.05, 0) is 52.8 Å². The van der Waals surface area contributed by atoms with Gasteiger partial charge in [0.2, 0.25) is 5.91 Å². The number of hydrogen-bond acceptors (Lipinski definition) is 1. The summed E-state index contributed by atoms with van der Waals surface area (Å²) in [5.74, 6) is 0.184. The van der Waals surface area contributed by atoms with Gasteiger partial charge >= 0.3 is 0 Å². The van der Waals surface area contributed by atoms with Crippen molar-refractivity contribution in [3.63, 3.8) is 0 Å². The van der Waals surface area contributed by atoms with Crippen molar-refractivity contribution >= 4 is 5.91 Å². The summed E-state index contributed by atoms with van der Waals surface area (Å²) < 4.78 is 0. The summed E-state index contributed by atoms with van der Waals surface area (Å²) in [6.07, 6.45) is 3.36. The van der Waals surface area contributed by atoms with E-state index in [1.165, 1.54) is 33.6 Å². The Hall–Kier alpha value is -1.35. The van der Waals surface area contributed by atoms with E-state index in [1.54, 1.807) is 6.92 Å². The van der Waals surface area contributed by atoms with Crippen LogP contribution < -0.4 is 4.90 Å². The van der Waals surface area contributed by atoms with E-state index in [1.807, 2.05) is 0 Å². The molecule has 1 amide bonds. The van der Waals surface area contributed by atoms with E-state index in [-0.39, 0.29) is 22.8 Å². The second-order valence-electron chi connectivity index (χ2n) is 10.4. The molecule has 1 N–H and O–H groups in total. The number of rotatable bonds is 6. The van der Waals surface area contributed by atoms with Gasteiger partial charge in [0.15, 0.2) is 0 Å². The minimum absolute atomic E-state index is 0.109. The SMILES string of the molecule is CC(=O)N(CCC[NH+](C)C)[C@H](C)c1cc(C(C)(C)C)cc2c1CCC2(C)C. The number of carbonyl (C=O) groups is 1. The number of hydrogen-bond donors (Lipinski definition) is 1. The highest BCUT2D eigenvalue weighted by Crippen LogP contribution is 2.44. The van der Waals surface area contributed by atoms with E-state index in [0.29, 0.717) is 0 Å². The van der Waals surface area contributed by atoms with Gasteiger partial charge in [0.1, 0.15) is 0 Å². The molecular weight excluding hydrogens is 332 g/mol. The van der Waals surface area contributed by atoms with E-state index >= 15 is 0 Å². The van der Waals surface area contributed by atoms with Crippen LogP contribution in [0.2, 0.25) is 0 Å². The van der Waals surface area contributed by atoms with Crippen molar-refractivity contribution in [1.82, 2.24) is 4.90 Å². The van der Waals surface area contributed by atoms with Gasteiger partial charge in [-0.15, -0.1) is 0 Å². The lowest BCUT2D eigenvalue weighted by Crippen LogP contribution is -3.05. The summed E-state index contributed by atoms with van der Waals surface area (Å²) in [6.45, 7) is 17.4. The molecule has 3 heteroatoms. The third-order valence-corrected chi connectivity index (χ3v) is 6.28. The predicted molar refractivity (Wildman–Crippen MR) is 115 cm³/mol. The second kappa shape index (κ2) is 7.95. The zero-order valence-electron chi connectivity index (χ0n) is 19.1. The summed E-state index contributed by atoms with van der Waals surface area (Å²) >= 11 is 0. The van der Waals surface area contributed by atoms with Crippen LogP contribution in [0.15, 0.2) is 12.1 Å². The van der Waals surface area contributed by atoms with Crippen molar-refractivity contribution < 1.29 is 9.69 Å². The minimum Gasteiger partial charge on any atom is -0.340 e. The number of amides is 1. The maximum atomic E-state index is 12.5. The summed E-state index contributed by atoms with van der Waals surface area (Å²) in [6, 6.07) is 4.95. The molecule has 0 radical (unpaired) electrons. The van der Waals surface area contributed by atoms with Crippen LogP contribution in [0.1, 0.15) is 89.6 Å². The van der Waals surface area contributed by atoms with Crippen LogP contribution in [0.5, 0.6) is 0 Å². The van der Waals surface area contributed by atoms with Gasteiger partial charge in [-0.3, -0.25) is 4.79 Å². The van der Waals surface area contributed by atoms with Crippen molar-refractivity contribution in [2.45, 2.75) is 84.6 Å². The molecule has 0 unspecified atom stereocenters. The molecule has 0 bridgehead atoms. The van der Waals surface area contributed by atoms with Gasteiger partial charge in [0.25, 0.3) is 0 Å². The average Bonchev–Trinajstić information content (AvgIpc) is 2.84. The summed E-state index contributed by atoms with van der Waals surface area (Å²) in [5, 5.41) is 0. The molecule has 0 saturated carbocycles. The van der Waals surface area contributed by atoms with E-state index in [0.717, 1.165) is 25.9 Å². The van der Waals surface area contributed by atoms with Gasteiger partial charge in [-0.25, -0.2) is 0 Å². The predicted octanol–water partition coefficient (Wildman–Crippen LogP) is 3.65. The Morgan fingerprint density at radius 3 is 2.41 bits per heavy atom. The van der Waals surface area contributed by atoms with Gasteiger partial charge in [-0.1, -0.05) is 46.8 Å². The van der Waals surface area contributed by atoms with E-state index in [2.05, 4.69) is 72.7 Å².